The maximum absolute atomic E-state index is 5.46. The van der Waals surface area contributed by atoms with Crippen LogP contribution in [0.2, 0.25) is 0 Å². The van der Waals surface area contributed by atoms with Crippen LogP contribution in [0.15, 0.2) is 23.8 Å². The van der Waals surface area contributed by atoms with Gasteiger partial charge in [-0.3, -0.25) is 4.68 Å². The van der Waals surface area contributed by atoms with Gasteiger partial charge in [-0.05, 0) is 6.07 Å². The Morgan fingerprint density at radius 2 is 2.50 bits per heavy atom. The molecule has 0 aliphatic carbocycles. The molecule has 2 heterocycles. The lowest BCUT2D eigenvalue weighted by molar-refractivity contribution is 0.686. The normalized spacial score (nSPS) is 10.3. The lowest BCUT2D eigenvalue weighted by atomic mass is 10.6. The van der Waals surface area contributed by atoms with Gasteiger partial charge >= 0.3 is 0 Å². The Labute approximate surface area is 73.7 Å². The summed E-state index contributed by atoms with van der Waals surface area (Å²) >= 11 is 1.61. The lowest BCUT2D eigenvalue weighted by Crippen LogP contribution is -2.00. The van der Waals surface area contributed by atoms with Gasteiger partial charge in [0, 0.05) is 17.8 Å². The second-order valence-corrected chi connectivity index (χ2v) is 3.34. The summed E-state index contributed by atoms with van der Waals surface area (Å²) in [4.78, 5) is 4.14. The Hall–Kier alpha value is -1.36. The number of hydrogen-bond donors (Lipinski definition) is 1. The van der Waals surface area contributed by atoms with Gasteiger partial charge in [0.1, 0.15) is 10.8 Å². The molecule has 2 aromatic rings. The lowest BCUT2D eigenvalue weighted by Gasteiger charge is -1.94. The van der Waals surface area contributed by atoms with Crippen LogP contribution in [0.1, 0.15) is 5.01 Å². The maximum Gasteiger partial charge on any atom is 0.145 e. The summed E-state index contributed by atoms with van der Waals surface area (Å²) in [6.07, 6.45) is 3.63. The maximum atomic E-state index is 5.46. The first-order valence-electron chi connectivity index (χ1n) is 3.52. The third-order valence-electron chi connectivity index (χ3n) is 1.44. The number of aromatic nitrogens is 3. The number of rotatable bonds is 2. The molecule has 0 radical (unpaired) electrons. The minimum atomic E-state index is 0.548. The zero-order chi connectivity index (χ0) is 8.39. The van der Waals surface area contributed by atoms with Crippen molar-refractivity contribution in [3.8, 4) is 0 Å². The molecule has 2 aromatic heterocycles. The summed E-state index contributed by atoms with van der Waals surface area (Å²) < 4.78 is 1.77. The van der Waals surface area contributed by atoms with E-state index in [0.717, 1.165) is 5.01 Å². The SMILES string of the molecule is Nc1ccn(Cc2nccs2)n1. The van der Waals surface area contributed by atoms with E-state index in [1.807, 2.05) is 11.6 Å². The van der Waals surface area contributed by atoms with Gasteiger partial charge in [0.05, 0.1) is 6.54 Å². The molecule has 0 amide bonds. The fourth-order valence-electron chi connectivity index (χ4n) is 0.935. The van der Waals surface area contributed by atoms with Crippen LogP contribution in [-0.2, 0) is 6.54 Å². The van der Waals surface area contributed by atoms with Crippen LogP contribution in [0.3, 0.4) is 0 Å². The minimum absolute atomic E-state index is 0.548. The van der Waals surface area contributed by atoms with Crippen LogP contribution < -0.4 is 5.73 Å². The van der Waals surface area contributed by atoms with Crippen molar-refractivity contribution in [2.45, 2.75) is 6.54 Å². The summed E-state index contributed by atoms with van der Waals surface area (Å²) in [6.45, 7) is 0.703. The van der Waals surface area contributed by atoms with Gasteiger partial charge in [0.15, 0.2) is 0 Å². The first-order chi connectivity index (χ1) is 5.84. The van der Waals surface area contributed by atoms with Crippen molar-refractivity contribution in [3.05, 3.63) is 28.8 Å². The van der Waals surface area contributed by atoms with E-state index in [9.17, 15) is 0 Å². The predicted molar refractivity (Wildman–Crippen MR) is 47.9 cm³/mol. The van der Waals surface area contributed by atoms with Crippen LogP contribution in [-0.4, -0.2) is 14.8 Å². The van der Waals surface area contributed by atoms with E-state index in [0.29, 0.717) is 12.4 Å². The largest absolute Gasteiger partial charge is 0.382 e. The molecule has 5 heteroatoms. The average Bonchev–Trinajstić information content (AvgIpc) is 2.63. The van der Waals surface area contributed by atoms with Crippen molar-refractivity contribution in [1.29, 1.82) is 0 Å². The highest BCUT2D eigenvalue weighted by atomic mass is 32.1. The summed E-state index contributed by atoms with van der Waals surface area (Å²) in [5.41, 5.74) is 5.46. The van der Waals surface area contributed by atoms with E-state index in [4.69, 9.17) is 5.73 Å². The van der Waals surface area contributed by atoms with E-state index in [-0.39, 0.29) is 0 Å². The molecule has 2 N–H and O–H groups in total. The van der Waals surface area contributed by atoms with E-state index in [1.54, 1.807) is 28.3 Å². The molecule has 0 atom stereocenters. The summed E-state index contributed by atoms with van der Waals surface area (Å²) in [5.74, 6) is 0.548. The Bertz CT molecular complexity index is 351. The van der Waals surface area contributed by atoms with Crippen molar-refractivity contribution in [3.63, 3.8) is 0 Å². The molecule has 0 spiro atoms. The molecule has 0 saturated carbocycles. The summed E-state index contributed by atoms with van der Waals surface area (Å²) in [7, 11) is 0. The van der Waals surface area contributed by atoms with Crippen LogP contribution in [0.25, 0.3) is 0 Å². The first-order valence-corrected chi connectivity index (χ1v) is 4.40. The molecule has 0 aliphatic rings. The zero-order valence-electron chi connectivity index (χ0n) is 6.34. The third-order valence-corrected chi connectivity index (χ3v) is 2.21. The van der Waals surface area contributed by atoms with E-state index in [2.05, 4.69) is 10.1 Å². The Morgan fingerprint density at radius 3 is 3.08 bits per heavy atom. The number of nitrogens with zero attached hydrogens (tertiary/aromatic N) is 3. The molecule has 0 fully saturated rings. The van der Waals surface area contributed by atoms with E-state index in [1.165, 1.54) is 0 Å². The van der Waals surface area contributed by atoms with Crippen LogP contribution >= 0.6 is 11.3 Å². The van der Waals surface area contributed by atoms with Crippen LogP contribution in [0, 0.1) is 0 Å². The molecular formula is C7H8N4S. The van der Waals surface area contributed by atoms with Crippen molar-refractivity contribution < 1.29 is 0 Å². The van der Waals surface area contributed by atoms with Gasteiger partial charge in [-0.2, -0.15) is 5.10 Å². The van der Waals surface area contributed by atoms with Crippen molar-refractivity contribution in [2.75, 3.05) is 5.73 Å². The Balaban J connectivity index is 2.14. The molecule has 2 rings (SSSR count). The average molecular weight is 180 g/mol. The fourth-order valence-corrected chi connectivity index (χ4v) is 1.54. The van der Waals surface area contributed by atoms with Gasteiger partial charge in [0.2, 0.25) is 0 Å². The number of thiazole rings is 1. The number of nitrogen functional groups attached to an aromatic ring is 1. The van der Waals surface area contributed by atoms with Crippen LogP contribution in [0.5, 0.6) is 0 Å². The molecule has 4 nitrogen and oxygen atoms in total. The molecule has 0 aromatic carbocycles. The quantitative estimate of drug-likeness (QED) is 0.749. The molecule has 0 unspecified atom stereocenters. The molecule has 12 heavy (non-hydrogen) atoms. The topological polar surface area (TPSA) is 56.7 Å². The van der Waals surface area contributed by atoms with Gasteiger partial charge in [0.25, 0.3) is 0 Å². The Morgan fingerprint density at radius 1 is 1.58 bits per heavy atom. The van der Waals surface area contributed by atoms with Gasteiger partial charge in [-0.25, -0.2) is 4.98 Å². The third kappa shape index (κ3) is 1.45. The van der Waals surface area contributed by atoms with Gasteiger partial charge < -0.3 is 5.73 Å². The molecule has 0 bridgehead atoms. The smallest absolute Gasteiger partial charge is 0.145 e. The summed E-state index contributed by atoms with van der Waals surface area (Å²) in [6, 6.07) is 1.77. The zero-order valence-corrected chi connectivity index (χ0v) is 7.16. The molecule has 0 saturated heterocycles. The minimum Gasteiger partial charge on any atom is -0.382 e. The molecule has 0 aliphatic heterocycles. The highest BCUT2D eigenvalue weighted by Crippen LogP contribution is 2.06. The second-order valence-electron chi connectivity index (χ2n) is 2.36. The number of hydrogen-bond acceptors (Lipinski definition) is 4. The monoisotopic (exact) mass is 180 g/mol. The fraction of sp³-hybridized carbons (Fsp3) is 0.143. The molecule has 62 valence electrons. The first kappa shape index (κ1) is 7.30. The highest BCUT2D eigenvalue weighted by Gasteiger charge is 1.97. The van der Waals surface area contributed by atoms with Crippen molar-refractivity contribution >= 4 is 17.2 Å². The van der Waals surface area contributed by atoms with Gasteiger partial charge in [-0.15, -0.1) is 11.3 Å². The highest BCUT2D eigenvalue weighted by molar-refractivity contribution is 7.09. The summed E-state index contributed by atoms with van der Waals surface area (Å²) in [5, 5.41) is 7.03. The number of anilines is 1. The predicted octanol–water partition coefficient (Wildman–Crippen LogP) is 0.970. The Kier molecular flexibility index (Phi) is 1.79. The van der Waals surface area contributed by atoms with Gasteiger partial charge in [-0.1, -0.05) is 0 Å². The van der Waals surface area contributed by atoms with Crippen LogP contribution in [0.4, 0.5) is 5.82 Å². The van der Waals surface area contributed by atoms with Crippen molar-refractivity contribution in [2.24, 2.45) is 0 Å². The van der Waals surface area contributed by atoms with E-state index < -0.39 is 0 Å². The standard InChI is InChI=1S/C7H8N4S/c8-6-1-3-11(10-6)5-7-9-2-4-12-7/h1-4H,5H2,(H2,8,10). The second kappa shape index (κ2) is 2.94. The molecular weight excluding hydrogens is 172 g/mol. The van der Waals surface area contributed by atoms with Crippen molar-refractivity contribution in [1.82, 2.24) is 14.8 Å². The van der Waals surface area contributed by atoms with E-state index >= 15 is 0 Å². The number of nitrogens with two attached hydrogens (primary N) is 1.